The summed E-state index contributed by atoms with van der Waals surface area (Å²) >= 11 is 0. The summed E-state index contributed by atoms with van der Waals surface area (Å²) in [7, 11) is 0. The van der Waals surface area contributed by atoms with Crippen molar-refractivity contribution in [2.24, 2.45) is 0 Å². The number of aromatic nitrogens is 3. The van der Waals surface area contributed by atoms with Crippen LogP contribution in [0.1, 0.15) is 25.3 Å². The van der Waals surface area contributed by atoms with Gasteiger partial charge in [0.05, 0.1) is 0 Å². The molecule has 0 fully saturated rings. The van der Waals surface area contributed by atoms with Crippen LogP contribution in [0.3, 0.4) is 0 Å². The third-order valence-electron chi connectivity index (χ3n) is 4.41. The molecule has 0 aliphatic rings. The van der Waals surface area contributed by atoms with E-state index in [4.69, 9.17) is 4.98 Å². The van der Waals surface area contributed by atoms with E-state index in [1.54, 1.807) is 0 Å². The monoisotopic (exact) mass is 305 g/mol. The molecule has 0 bridgehead atoms. The average Bonchev–Trinajstić information content (AvgIpc) is 2.93. The van der Waals surface area contributed by atoms with Crippen LogP contribution in [0.5, 0.6) is 0 Å². The van der Waals surface area contributed by atoms with Crippen molar-refractivity contribution in [2.45, 2.75) is 33.2 Å². The highest BCUT2D eigenvalue weighted by atomic mass is 16.1. The first-order valence-corrected chi connectivity index (χ1v) is 8.10. The lowest BCUT2D eigenvalue weighted by Gasteiger charge is -2.10. The first-order chi connectivity index (χ1) is 11.2. The fourth-order valence-corrected chi connectivity index (χ4v) is 3.21. The van der Waals surface area contributed by atoms with Crippen LogP contribution < -0.4 is 5.56 Å². The number of aryl methyl sites for hydroxylation is 2. The van der Waals surface area contributed by atoms with E-state index in [-0.39, 0.29) is 5.56 Å². The van der Waals surface area contributed by atoms with E-state index in [2.05, 4.69) is 26.0 Å². The molecule has 0 saturated heterocycles. The zero-order chi connectivity index (χ0) is 16.0. The maximum atomic E-state index is 13.0. The molecule has 0 aliphatic heterocycles. The minimum atomic E-state index is 0.0731. The molecule has 0 unspecified atom stereocenters. The number of benzene rings is 1. The third-order valence-corrected chi connectivity index (χ3v) is 4.41. The molecular formula is C19H19N3O. The van der Waals surface area contributed by atoms with Gasteiger partial charge >= 0.3 is 0 Å². The van der Waals surface area contributed by atoms with Gasteiger partial charge in [-0.2, -0.15) is 0 Å². The minimum Gasteiger partial charge on any atom is -0.292 e. The van der Waals surface area contributed by atoms with E-state index in [9.17, 15) is 4.79 Å². The number of unbranched alkanes of at least 4 members (excludes halogenated alkanes) is 1. The van der Waals surface area contributed by atoms with E-state index in [0.29, 0.717) is 0 Å². The van der Waals surface area contributed by atoms with Crippen LogP contribution in [0.4, 0.5) is 0 Å². The van der Waals surface area contributed by atoms with E-state index < -0.39 is 0 Å². The molecule has 0 aliphatic carbocycles. The molecule has 23 heavy (non-hydrogen) atoms. The largest absolute Gasteiger partial charge is 0.292 e. The first-order valence-electron chi connectivity index (χ1n) is 8.10. The Bertz CT molecular complexity index is 1090. The summed E-state index contributed by atoms with van der Waals surface area (Å²) in [4.78, 5) is 17.8. The SMILES string of the molecule is CCCCn1c(=O)c2ccccc2c2nc3cc(C)ccn3c21. The molecule has 4 nitrogen and oxygen atoms in total. The summed E-state index contributed by atoms with van der Waals surface area (Å²) in [5, 5.41) is 1.68. The van der Waals surface area contributed by atoms with Crippen molar-refractivity contribution < 1.29 is 0 Å². The lowest BCUT2D eigenvalue weighted by Crippen LogP contribution is -2.21. The van der Waals surface area contributed by atoms with Crippen LogP contribution in [-0.4, -0.2) is 14.0 Å². The van der Waals surface area contributed by atoms with Gasteiger partial charge in [0.25, 0.3) is 5.56 Å². The number of pyridine rings is 2. The molecule has 0 amide bonds. The maximum Gasteiger partial charge on any atom is 0.260 e. The van der Waals surface area contributed by atoms with Crippen molar-refractivity contribution in [3.8, 4) is 0 Å². The van der Waals surface area contributed by atoms with Gasteiger partial charge in [0, 0.05) is 23.5 Å². The summed E-state index contributed by atoms with van der Waals surface area (Å²) in [6.07, 6.45) is 4.04. The van der Waals surface area contributed by atoms with Gasteiger partial charge in [0.2, 0.25) is 0 Å². The molecule has 1 aromatic carbocycles. The van der Waals surface area contributed by atoms with Crippen LogP contribution in [0, 0.1) is 6.92 Å². The van der Waals surface area contributed by atoms with Crippen LogP contribution in [0.25, 0.3) is 27.6 Å². The molecule has 0 radical (unpaired) electrons. The maximum absolute atomic E-state index is 13.0. The molecule has 3 aromatic heterocycles. The van der Waals surface area contributed by atoms with Crippen molar-refractivity contribution in [1.82, 2.24) is 14.0 Å². The molecule has 0 spiro atoms. The molecule has 0 atom stereocenters. The predicted octanol–water partition coefficient (Wildman–Crippen LogP) is 3.91. The van der Waals surface area contributed by atoms with Crippen molar-refractivity contribution in [1.29, 1.82) is 0 Å². The van der Waals surface area contributed by atoms with Gasteiger partial charge in [-0.15, -0.1) is 0 Å². The fraction of sp³-hybridized carbons (Fsp3) is 0.263. The van der Waals surface area contributed by atoms with Gasteiger partial charge < -0.3 is 0 Å². The van der Waals surface area contributed by atoms with E-state index in [0.717, 1.165) is 47.0 Å². The highest BCUT2D eigenvalue weighted by molar-refractivity contribution is 6.03. The Labute approximate surface area is 134 Å². The number of hydrogen-bond donors (Lipinski definition) is 0. The normalized spacial score (nSPS) is 11.7. The fourth-order valence-electron chi connectivity index (χ4n) is 3.21. The van der Waals surface area contributed by atoms with Gasteiger partial charge in [0.1, 0.15) is 16.8 Å². The summed E-state index contributed by atoms with van der Waals surface area (Å²) < 4.78 is 3.92. The van der Waals surface area contributed by atoms with Gasteiger partial charge in [-0.25, -0.2) is 4.98 Å². The van der Waals surface area contributed by atoms with Gasteiger partial charge in [-0.05, 0) is 37.1 Å². The minimum absolute atomic E-state index is 0.0731. The van der Waals surface area contributed by atoms with Crippen molar-refractivity contribution >= 4 is 27.6 Å². The predicted molar refractivity (Wildman–Crippen MR) is 94.1 cm³/mol. The van der Waals surface area contributed by atoms with Gasteiger partial charge in [-0.1, -0.05) is 31.5 Å². The van der Waals surface area contributed by atoms with E-state index in [1.165, 1.54) is 5.56 Å². The lowest BCUT2D eigenvalue weighted by atomic mass is 10.1. The highest BCUT2D eigenvalue weighted by Crippen LogP contribution is 2.24. The van der Waals surface area contributed by atoms with Crippen LogP contribution in [-0.2, 0) is 6.54 Å². The van der Waals surface area contributed by atoms with Crippen LogP contribution >= 0.6 is 0 Å². The van der Waals surface area contributed by atoms with Crippen LogP contribution in [0.15, 0.2) is 47.4 Å². The summed E-state index contributed by atoms with van der Waals surface area (Å²) in [6, 6.07) is 11.9. The topological polar surface area (TPSA) is 39.3 Å². The number of imidazole rings is 1. The number of fused-ring (bicyclic) bond motifs is 5. The highest BCUT2D eigenvalue weighted by Gasteiger charge is 2.15. The summed E-state index contributed by atoms with van der Waals surface area (Å²) in [6.45, 7) is 4.92. The standard InChI is InChI=1S/C19H19N3O/c1-3-4-10-22-18-17(14-7-5-6-8-15(14)19(22)23)20-16-12-13(2)9-11-21(16)18/h5-9,11-12H,3-4,10H2,1-2H3. The molecule has 3 heterocycles. The Morgan fingerprint density at radius 3 is 2.70 bits per heavy atom. The zero-order valence-corrected chi connectivity index (χ0v) is 13.4. The molecular weight excluding hydrogens is 286 g/mol. The number of hydrogen-bond acceptors (Lipinski definition) is 2. The Morgan fingerprint density at radius 1 is 1.13 bits per heavy atom. The second kappa shape index (κ2) is 5.23. The number of nitrogens with zero attached hydrogens (tertiary/aromatic N) is 3. The average molecular weight is 305 g/mol. The third kappa shape index (κ3) is 2.05. The van der Waals surface area contributed by atoms with Crippen molar-refractivity contribution in [2.75, 3.05) is 0 Å². The molecule has 4 rings (SSSR count). The Morgan fingerprint density at radius 2 is 1.91 bits per heavy atom. The first kappa shape index (κ1) is 14.0. The Balaban J connectivity index is 2.24. The lowest BCUT2D eigenvalue weighted by molar-refractivity contribution is 0.629. The van der Waals surface area contributed by atoms with Crippen molar-refractivity contribution in [3.63, 3.8) is 0 Å². The van der Waals surface area contributed by atoms with Gasteiger partial charge in [-0.3, -0.25) is 13.8 Å². The molecule has 4 aromatic rings. The second-order valence-corrected chi connectivity index (χ2v) is 6.07. The molecule has 4 heteroatoms. The molecule has 0 N–H and O–H groups in total. The molecule has 0 saturated carbocycles. The smallest absolute Gasteiger partial charge is 0.260 e. The zero-order valence-electron chi connectivity index (χ0n) is 13.4. The second-order valence-electron chi connectivity index (χ2n) is 6.07. The summed E-state index contributed by atoms with van der Waals surface area (Å²) in [5.74, 6) is 0. The quantitative estimate of drug-likeness (QED) is 0.575. The Kier molecular flexibility index (Phi) is 3.18. The van der Waals surface area contributed by atoms with Crippen molar-refractivity contribution in [3.05, 3.63) is 58.5 Å². The van der Waals surface area contributed by atoms with E-state index in [1.807, 2.05) is 39.4 Å². The van der Waals surface area contributed by atoms with Crippen LogP contribution in [0.2, 0.25) is 0 Å². The number of rotatable bonds is 3. The van der Waals surface area contributed by atoms with E-state index >= 15 is 0 Å². The molecule has 116 valence electrons. The Hall–Kier alpha value is -2.62. The van der Waals surface area contributed by atoms with Gasteiger partial charge in [0.15, 0.2) is 0 Å². The summed E-state index contributed by atoms with van der Waals surface area (Å²) in [5.41, 5.74) is 3.93.